The molecule has 0 aliphatic carbocycles. The molecule has 0 unspecified atom stereocenters. The van der Waals surface area contributed by atoms with E-state index in [1.807, 2.05) is 0 Å². The number of aliphatic carboxylic acids is 1. The Morgan fingerprint density at radius 1 is 1.06 bits per heavy atom. The van der Waals surface area contributed by atoms with E-state index >= 15 is 0 Å². The van der Waals surface area contributed by atoms with Gasteiger partial charge in [-0.15, -0.1) is 0 Å². The van der Waals surface area contributed by atoms with Crippen LogP contribution in [0.15, 0.2) is 0 Å². The van der Waals surface area contributed by atoms with Crippen LogP contribution in [-0.2, 0) is 21.9 Å². The molecular formula is C10H19BFeO5. The summed E-state index contributed by atoms with van der Waals surface area (Å²) in [6, 6.07) is 0. The fourth-order valence-corrected chi connectivity index (χ4v) is 1.10. The maximum Gasteiger partial charge on any atom is 4.00 e. The first-order chi connectivity index (χ1) is 7.15. The second-order valence-corrected chi connectivity index (χ2v) is 4.78. The molecule has 0 saturated carbocycles. The van der Waals surface area contributed by atoms with E-state index in [-0.39, 0.29) is 23.5 Å². The zero-order chi connectivity index (χ0) is 13.2. The zero-order valence-electron chi connectivity index (χ0n) is 10.5. The number of rotatable bonds is 5. The molecule has 0 aromatic heterocycles. The molecule has 0 atom stereocenters. The maximum absolute atomic E-state index is 10.0. The molecule has 0 fully saturated rings. The summed E-state index contributed by atoms with van der Waals surface area (Å²) in [5, 5.41) is 35.3. The van der Waals surface area contributed by atoms with Crippen molar-refractivity contribution in [2.75, 3.05) is 0 Å². The van der Waals surface area contributed by atoms with Crippen molar-refractivity contribution in [1.29, 1.82) is 0 Å². The molecule has 0 N–H and O–H groups in total. The Morgan fingerprint density at radius 2 is 1.47 bits per heavy atom. The summed E-state index contributed by atoms with van der Waals surface area (Å²) in [5.74, 6) is -0.925. The van der Waals surface area contributed by atoms with Crippen molar-refractivity contribution in [3.8, 4) is 0 Å². The van der Waals surface area contributed by atoms with Crippen LogP contribution in [0.3, 0.4) is 0 Å². The van der Waals surface area contributed by atoms with E-state index in [1.165, 1.54) is 6.42 Å². The van der Waals surface area contributed by atoms with Crippen molar-refractivity contribution in [3.63, 3.8) is 0 Å². The van der Waals surface area contributed by atoms with Gasteiger partial charge in [0.15, 0.2) is 0 Å². The molecule has 0 amide bonds. The Morgan fingerprint density at radius 3 is 1.76 bits per heavy atom. The molecule has 0 spiro atoms. The minimum Gasteiger partial charge on any atom is -0.907 e. The van der Waals surface area contributed by atoms with Crippen molar-refractivity contribution in [3.05, 3.63) is 0 Å². The maximum atomic E-state index is 10.0. The van der Waals surface area contributed by atoms with Crippen LogP contribution in [0.2, 0.25) is 0 Å². The number of hydrogen-bond acceptors (Lipinski definition) is 5. The van der Waals surface area contributed by atoms with Gasteiger partial charge < -0.3 is 25.0 Å². The zero-order valence-corrected chi connectivity index (χ0v) is 11.6. The molecule has 0 radical (unpaired) electrons. The number of carboxylic acid groups (broad SMARTS) is 1. The van der Waals surface area contributed by atoms with Crippen molar-refractivity contribution >= 4 is 13.3 Å². The molecule has 17 heavy (non-hydrogen) atoms. The standard InChI is InChI=1S/C10H20O2.BO3.Fe/c1-10(2,3)8-6-4-5-7-9(11)12;2-1(3)4;/h4-8H2,1-3H3,(H,11,12);;/q;-3;+4/p-1. The van der Waals surface area contributed by atoms with Gasteiger partial charge in [0.25, 0.3) is 0 Å². The normalized spacial score (nSPS) is 9.76. The van der Waals surface area contributed by atoms with Gasteiger partial charge in [0.2, 0.25) is 0 Å². The molecule has 0 bridgehead atoms. The number of hydrogen-bond donors (Lipinski definition) is 0. The van der Waals surface area contributed by atoms with Crippen LogP contribution >= 0.6 is 0 Å². The van der Waals surface area contributed by atoms with E-state index in [2.05, 4.69) is 20.8 Å². The Balaban J connectivity index is -0.000000340. The van der Waals surface area contributed by atoms with Crippen LogP contribution in [-0.4, -0.2) is 13.3 Å². The van der Waals surface area contributed by atoms with Gasteiger partial charge in [-0.25, -0.2) is 0 Å². The van der Waals surface area contributed by atoms with Gasteiger partial charge in [-0.05, 0) is 24.7 Å². The Bertz CT molecular complexity index is 179. The van der Waals surface area contributed by atoms with E-state index in [0.29, 0.717) is 5.41 Å². The minimum absolute atomic E-state index is 0. The number of unbranched alkanes of at least 4 members (excludes halogenated alkanes) is 2. The van der Waals surface area contributed by atoms with Crippen molar-refractivity contribution in [2.24, 2.45) is 5.41 Å². The summed E-state index contributed by atoms with van der Waals surface area (Å²) in [6.07, 6.45) is 4.27. The fraction of sp³-hybridized carbons (Fsp3) is 0.900. The van der Waals surface area contributed by atoms with Crippen molar-refractivity contribution < 1.29 is 42.0 Å². The summed E-state index contributed by atoms with van der Waals surface area (Å²) in [7, 11) is -2.92. The van der Waals surface area contributed by atoms with Crippen LogP contribution in [0, 0.1) is 5.41 Å². The van der Waals surface area contributed by atoms with Crippen LogP contribution in [0.4, 0.5) is 0 Å². The van der Waals surface area contributed by atoms with Gasteiger partial charge >= 0.3 is 17.1 Å². The summed E-state index contributed by atoms with van der Waals surface area (Å²) in [4.78, 5) is 10.0. The van der Waals surface area contributed by atoms with Gasteiger partial charge in [-0.1, -0.05) is 33.6 Å². The molecule has 0 aromatic carbocycles. The number of carboxylic acids is 1. The summed E-state index contributed by atoms with van der Waals surface area (Å²) in [6.45, 7) is 6.60. The molecule has 100 valence electrons. The first-order valence-corrected chi connectivity index (χ1v) is 5.32. The average molecular weight is 286 g/mol. The van der Waals surface area contributed by atoms with Crippen LogP contribution in [0.5, 0.6) is 0 Å². The molecule has 7 heteroatoms. The summed E-state index contributed by atoms with van der Waals surface area (Å²) in [5.41, 5.74) is 0.376. The third kappa shape index (κ3) is 38.8. The van der Waals surface area contributed by atoms with E-state index in [4.69, 9.17) is 15.1 Å². The van der Waals surface area contributed by atoms with Gasteiger partial charge in [-0.3, -0.25) is 7.32 Å². The van der Waals surface area contributed by atoms with Crippen molar-refractivity contribution in [2.45, 2.75) is 52.9 Å². The fourth-order valence-electron chi connectivity index (χ4n) is 1.10. The van der Waals surface area contributed by atoms with E-state index in [9.17, 15) is 9.90 Å². The van der Waals surface area contributed by atoms with E-state index in [1.54, 1.807) is 0 Å². The second-order valence-electron chi connectivity index (χ2n) is 4.78. The smallest absolute Gasteiger partial charge is 0.907 e. The SMILES string of the molecule is CC(C)(C)CCCCCC(=O)[O-].[Fe+4].[O-]B([O-])[O-]. The molecule has 5 nitrogen and oxygen atoms in total. The van der Waals surface area contributed by atoms with Gasteiger partial charge in [0.1, 0.15) is 0 Å². The monoisotopic (exact) mass is 286 g/mol. The molecule has 0 heterocycles. The Kier molecular flexibility index (Phi) is 16.1. The van der Waals surface area contributed by atoms with Crippen LogP contribution in [0.1, 0.15) is 52.9 Å². The first kappa shape index (κ1) is 22.1. The molecule has 0 aliphatic heterocycles. The first-order valence-electron chi connectivity index (χ1n) is 5.32. The second kappa shape index (κ2) is 12.4. The molecule has 0 aromatic rings. The summed E-state index contributed by atoms with van der Waals surface area (Å²) >= 11 is 0. The Hall–Kier alpha value is -0.0656. The minimum atomic E-state index is -2.92. The molecule has 0 aliphatic rings. The van der Waals surface area contributed by atoms with Gasteiger partial charge in [0, 0.05) is 5.97 Å². The van der Waals surface area contributed by atoms with E-state index < -0.39 is 13.3 Å². The van der Waals surface area contributed by atoms with Gasteiger partial charge in [-0.2, -0.15) is 0 Å². The molecular weight excluding hydrogens is 267 g/mol. The predicted molar refractivity (Wildman–Crippen MR) is 53.3 cm³/mol. The topological polar surface area (TPSA) is 109 Å². The largest absolute Gasteiger partial charge is 4.00 e. The third-order valence-corrected chi connectivity index (χ3v) is 1.81. The third-order valence-electron chi connectivity index (χ3n) is 1.81. The predicted octanol–water partition coefficient (Wildman–Crippen LogP) is -2.22. The van der Waals surface area contributed by atoms with Gasteiger partial charge in [0.05, 0.1) is 0 Å². The number of carbonyl (C=O) groups excluding carboxylic acids is 1. The van der Waals surface area contributed by atoms with Crippen LogP contribution in [0.25, 0.3) is 0 Å². The quantitative estimate of drug-likeness (QED) is 0.420. The number of carbonyl (C=O) groups is 1. The molecule has 0 saturated heterocycles. The average Bonchev–Trinajstić information content (AvgIpc) is 1.99. The Labute approximate surface area is 114 Å². The van der Waals surface area contributed by atoms with Crippen molar-refractivity contribution in [1.82, 2.24) is 0 Å². The summed E-state index contributed by atoms with van der Waals surface area (Å²) < 4.78 is 0. The van der Waals surface area contributed by atoms with Crippen LogP contribution < -0.4 is 20.2 Å². The molecule has 0 rings (SSSR count). The van der Waals surface area contributed by atoms with E-state index in [0.717, 1.165) is 19.3 Å².